The summed E-state index contributed by atoms with van der Waals surface area (Å²) in [6.45, 7) is 1.71. The highest BCUT2D eigenvalue weighted by molar-refractivity contribution is 6.02. The first-order valence-electron chi connectivity index (χ1n) is 9.05. The first-order chi connectivity index (χ1) is 14.5. The van der Waals surface area contributed by atoms with Crippen LogP contribution in [0.1, 0.15) is 11.1 Å². The molecule has 0 atom stereocenters. The van der Waals surface area contributed by atoms with Crippen LogP contribution in [0.5, 0.6) is 5.88 Å². The van der Waals surface area contributed by atoms with Gasteiger partial charge >= 0.3 is 0 Å². The summed E-state index contributed by atoms with van der Waals surface area (Å²) < 4.78 is 1.09. The first-order valence-corrected chi connectivity index (χ1v) is 9.05. The van der Waals surface area contributed by atoms with E-state index in [0.29, 0.717) is 16.3 Å². The van der Waals surface area contributed by atoms with Crippen molar-refractivity contribution >= 4 is 28.4 Å². The van der Waals surface area contributed by atoms with Crippen LogP contribution in [-0.2, 0) is 0 Å². The fourth-order valence-corrected chi connectivity index (χ4v) is 3.28. The molecule has 0 aliphatic carbocycles. The van der Waals surface area contributed by atoms with Gasteiger partial charge in [-0.05, 0) is 30.7 Å². The molecule has 8 heteroatoms. The van der Waals surface area contributed by atoms with E-state index in [2.05, 4.69) is 9.98 Å². The molecule has 2 heterocycles. The molecule has 1 N–H and O–H groups in total. The number of hydrogen-bond acceptors (Lipinski definition) is 6. The zero-order chi connectivity index (χ0) is 21.3. The largest absolute Gasteiger partial charge is 0.494 e. The summed E-state index contributed by atoms with van der Waals surface area (Å²) in [6.07, 6.45) is 2.85. The van der Waals surface area contributed by atoms with E-state index in [0.717, 1.165) is 4.57 Å². The zero-order valence-corrected chi connectivity index (χ0v) is 15.9. The third-order valence-electron chi connectivity index (χ3n) is 4.72. The van der Waals surface area contributed by atoms with Crippen molar-refractivity contribution < 1.29 is 10.0 Å². The molecular weight excluding hydrogens is 384 g/mol. The number of aromatic hydroxyl groups is 1. The van der Waals surface area contributed by atoms with Gasteiger partial charge in [-0.3, -0.25) is 14.9 Å². The summed E-state index contributed by atoms with van der Waals surface area (Å²) in [5.74, 6) is -0.0975. The van der Waals surface area contributed by atoms with Gasteiger partial charge in [-0.2, -0.15) is 0 Å². The second-order valence-electron chi connectivity index (χ2n) is 6.57. The van der Waals surface area contributed by atoms with Gasteiger partial charge in [0.25, 0.3) is 11.2 Å². The summed E-state index contributed by atoms with van der Waals surface area (Å²) in [4.78, 5) is 32.3. The molecular formula is C22H16N4O4. The Balaban J connectivity index is 2.00. The number of rotatable bonds is 4. The van der Waals surface area contributed by atoms with Crippen molar-refractivity contribution in [1.29, 1.82) is 0 Å². The molecule has 0 aliphatic heterocycles. The SMILES string of the molecule is Cc1cccc([N+](=O)[O-])c1N=Cc1c(O)n(-c2ccccn2)c(=O)c2ccccc12. The number of nitrogens with zero attached hydrogens (tertiary/aromatic N) is 4. The molecule has 2 aromatic heterocycles. The minimum atomic E-state index is -0.507. The number of fused-ring (bicyclic) bond motifs is 1. The Labute approximate surface area is 170 Å². The number of pyridine rings is 2. The fraction of sp³-hybridized carbons (Fsp3) is 0.0455. The van der Waals surface area contributed by atoms with E-state index in [1.54, 1.807) is 61.5 Å². The van der Waals surface area contributed by atoms with Crippen molar-refractivity contribution in [3.05, 3.63) is 98.5 Å². The standard InChI is InChI=1S/C22H16N4O4/c1-14-7-6-10-18(26(29)30)20(14)24-13-17-15-8-2-3-9-16(15)21(27)25(22(17)28)19-11-4-5-12-23-19/h2-13,28H,1H3. The molecule has 0 saturated carbocycles. The minimum Gasteiger partial charge on any atom is -0.494 e. The van der Waals surface area contributed by atoms with Gasteiger partial charge < -0.3 is 5.11 Å². The molecule has 2 aromatic carbocycles. The zero-order valence-electron chi connectivity index (χ0n) is 15.9. The number of hydrogen-bond donors (Lipinski definition) is 1. The number of nitro groups is 1. The Kier molecular flexibility index (Phi) is 4.81. The lowest BCUT2D eigenvalue weighted by atomic mass is 10.1. The average molecular weight is 400 g/mol. The summed E-state index contributed by atoms with van der Waals surface area (Å²) in [6, 6.07) is 16.5. The Hall–Kier alpha value is -4.33. The average Bonchev–Trinajstić information content (AvgIpc) is 2.75. The highest BCUT2D eigenvalue weighted by Crippen LogP contribution is 2.32. The molecule has 0 aliphatic rings. The van der Waals surface area contributed by atoms with Gasteiger partial charge in [0.15, 0.2) is 0 Å². The second kappa shape index (κ2) is 7.59. The van der Waals surface area contributed by atoms with Crippen molar-refractivity contribution in [1.82, 2.24) is 9.55 Å². The van der Waals surface area contributed by atoms with Gasteiger partial charge in [0.1, 0.15) is 11.5 Å². The number of aromatic nitrogens is 2. The third-order valence-corrected chi connectivity index (χ3v) is 4.72. The summed E-state index contributed by atoms with van der Waals surface area (Å²) in [5.41, 5.74) is 0.478. The predicted octanol–water partition coefficient (Wildman–Crippen LogP) is 4.06. The molecule has 0 spiro atoms. The van der Waals surface area contributed by atoms with Crippen LogP contribution >= 0.6 is 0 Å². The van der Waals surface area contributed by atoms with E-state index in [1.165, 1.54) is 18.5 Å². The van der Waals surface area contributed by atoms with Crippen LogP contribution in [0.4, 0.5) is 11.4 Å². The second-order valence-corrected chi connectivity index (χ2v) is 6.57. The van der Waals surface area contributed by atoms with Gasteiger partial charge in [0.05, 0.1) is 10.5 Å². The molecule has 148 valence electrons. The normalized spacial score (nSPS) is 11.2. The van der Waals surface area contributed by atoms with Crippen molar-refractivity contribution in [2.24, 2.45) is 4.99 Å². The molecule has 0 bridgehead atoms. The van der Waals surface area contributed by atoms with Gasteiger partial charge in [-0.15, -0.1) is 0 Å². The smallest absolute Gasteiger partial charge is 0.295 e. The Morgan fingerprint density at radius 2 is 1.80 bits per heavy atom. The molecule has 30 heavy (non-hydrogen) atoms. The molecule has 8 nitrogen and oxygen atoms in total. The van der Waals surface area contributed by atoms with E-state index in [-0.39, 0.29) is 28.6 Å². The summed E-state index contributed by atoms with van der Waals surface area (Å²) in [7, 11) is 0. The molecule has 0 amide bonds. The Bertz CT molecular complexity index is 1360. The lowest BCUT2D eigenvalue weighted by Gasteiger charge is -2.12. The number of benzene rings is 2. The van der Waals surface area contributed by atoms with E-state index < -0.39 is 10.5 Å². The summed E-state index contributed by atoms with van der Waals surface area (Å²) >= 11 is 0. The Morgan fingerprint density at radius 1 is 1.07 bits per heavy atom. The lowest BCUT2D eigenvalue weighted by molar-refractivity contribution is -0.384. The van der Waals surface area contributed by atoms with Crippen LogP contribution in [0.2, 0.25) is 0 Å². The van der Waals surface area contributed by atoms with Gasteiger partial charge in [0, 0.05) is 29.3 Å². The van der Waals surface area contributed by atoms with Crippen LogP contribution < -0.4 is 5.56 Å². The van der Waals surface area contributed by atoms with E-state index in [4.69, 9.17) is 0 Å². The van der Waals surface area contributed by atoms with Crippen LogP contribution in [-0.4, -0.2) is 25.8 Å². The Morgan fingerprint density at radius 3 is 2.50 bits per heavy atom. The van der Waals surface area contributed by atoms with Crippen LogP contribution in [0, 0.1) is 17.0 Å². The lowest BCUT2D eigenvalue weighted by Crippen LogP contribution is -2.20. The number of aliphatic imine (C=N–C) groups is 1. The van der Waals surface area contributed by atoms with Crippen molar-refractivity contribution in [2.45, 2.75) is 6.92 Å². The highest BCUT2D eigenvalue weighted by Gasteiger charge is 2.18. The van der Waals surface area contributed by atoms with Crippen LogP contribution in [0.25, 0.3) is 16.6 Å². The quantitative estimate of drug-likeness (QED) is 0.315. The fourth-order valence-electron chi connectivity index (χ4n) is 3.28. The molecule has 0 unspecified atom stereocenters. The van der Waals surface area contributed by atoms with Gasteiger partial charge in [0.2, 0.25) is 5.88 Å². The maximum Gasteiger partial charge on any atom is 0.295 e. The summed E-state index contributed by atoms with van der Waals surface area (Å²) in [5, 5.41) is 23.2. The maximum atomic E-state index is 13.0. The number of para-hydroxylation sites is 1. The minimum absolute atomic E-state index is 0.145. The van der Waals surface area contributed by atoms with E-state index in [1.807, 2.05) is 0 Å². The van der Waals surface area contributed by atoms with Crippen molar-refractivity contribution in [3.63, 3.8) is 0 Å². The highest BCUT2D eigenvalue weighted by atomic mass is 16.6. The van der Waals surface area contributed by atoms with Gasteiger partial charge in [-0.25, -0.2) is 14.5 Å². The third kappa shape index (κ3) is 3.20. The molecule has 4 rings (SSSR count). The maximum absolute atomic E-state index is 13.0. The molecule has 0 saturated heterocycles. The van der Waals surface area contributed by atoms with Crippen molar-refractivity contribution in [3.8, 4) is 11.7 Å². The van der Waals surface area contributed by atoms with E-state index >= 15 is 0 Å². The van der Waals surface area contributed by atoms with Crippen molar-refractivity contribution in [2.75, 3.05) is 0 Å². The van der Waals surface area contributed by atoms with Gasteiger partial charge in [-0.1, -0.05) is 36.4 Å². The molecule has 0 fully saturated rings. The molecule has 0 radical (unpaired) electrons. The van der Waals surface area contributed by atoms with Crippen LogP contribution in [0.3, 0.4) is 0 Å². The topological polar surface area (TPSA) is 111 Å². The monoisotopic (exact) mass is 400 g/mol. The number of aryl methyl sites for hydroxylation is 1. The van der Waals surface area contributed by atoms with E-state index in [9.17, 15) is 20.0 Å². The first kappa shape index (κ1) is 19.0. The van der Waals surface area contributed by atoms with Crippen LogP contribution in [0.15, 0.2) is 76.6 Å². The predicted molar refractivity (Wildman–Crippen MR) is 114 cm³/mol. The number of nitro benzene ring substituents is 1. The molecule has 4 aromatic rings.